The minimum absolute atomic E-state index is 0.293. The first-order valence-corrected chi connectivity index (χ1v) is 4.87. The molecule has 0 spiro atoms. The number of primary amides is 1. The first-order valence-electron chi connectivity index (χ1n) is 4.87. The minimum Gasteiger partial charge on any atom is -0.366 e. The van der Waals surface area contributed by atoms with E-state index in [1.807, 2.05) is 0 Å². The van der Waals surface area contributed by atoms with Gasteiger partial charge in [0.15, 0.2) is 0 Å². The second kappa shape index (κ2) is 3.14. The minimum atomic E-state index is -0.293. The second-order valence-corrected chi connectivity index (χ2v) is 4.16. The van der Waals surface area contributed by atoms with Crippen LogP contribution in [-0.4, -0.2) is 29.9 Å². The van der Waals surface area contributed by atoms with Crippen LogP contribution in [0, 0.1) is 0 Å². The lowest BCUT2D eigenvalue weighted by Crippen LogP contribution is -2.37. The molecule has 2 unspecified atom stereocenters. The summed E-state index contributed by atoms with van der Waals surface area (Å²) in [5.74, 6) is -0.293. The number of carbonyl (C=O) groups is 1. The van der Waals surface area contributed by atoms with Crippen molar-refractivity contribution in [2.45, 2.75) is 37.8 Å². The van der Waals surface area contributed by atoms with E-state index in [4.69, 9.17) is 5.73 Å². The van der Waals surface area contributed by atoms with E-state index in [1.54, 1.807) is 6.08 Å². The first kappa shape index (κ1) is 8.75. The molecule has 0 aromatic carbocycles. The molecule has 2 fully saturated rings. The van der Waals surface area contributed by atoms with Crippen LogP contribution in [0.25, 0.3) is 0 Å². The standard InChI is InChI=1S/C10H16N2O/c1-12-8-2-3-9(12)5-7(4-8)6-10(11)13/h6,8-9H,2-5H2,1H3,(H2,11,13). The van der Waals surface area contributed by atoms with Gasteiger partial charge in [0.1, 0.15) is 0 Å². The molecular formula is C10H16N2O. The van der Waals surface area contributed by atoms with Crippen LogP contribution in [0.4, 0.5) is 0 Å². The fraction of sp³-hybridized carbons (Fsp3) is 0.700. The van der Waals surface area contributed by atoms with Crippen molar-refractivity contribution in [1.29, 1.82) is 0 Å². The van der Waals surface area contributed by atoms with Gasteiger partial charge in [-0.3, -0.25) is 9.69 Å². The van der Waals surface area contributed by atoms with Crippen molar-refractivity contribution in [1.82, 2.24) is 4.90 Å². The molecule has 72 valence electrons. The van der Waals surface area contributed by atoms with Crippen LogP contribution in [0.15, 0.2) is 11.6 Å². The van der Waals surface area contributed by atoms with E-state index in [-0.39, 0.29) is 5.91 Å². The monoisotopic (exact) mass is 180 g/mol. The summed E-state index contributed by atoms with van der Waals surface area (Å²) in [5.41, 5.74) is 6.39. The van der Waals surface area contributed by atoms with Crippen molar-refractivity contribution >= 4 is 5.91 Å². The highest BCUT2D eigenvalue weighted by Gasteiger charge is 2.35. The number of fused-ring (bicyclic) bond motifs is 2. The third-order valence-corrected chi connectivity index (χ3v) is 3.33. The second-order valence-electron chi connectivity index (χ2n) is 4.16. The lowest BCUT2D eigenvalue weighted by molar-refractivity contribution is -0.113. The molecule has 2 heterocycles. The van der Waals surface area contributed by atoms with Crippen molar-refractivity contribution in [2.24, 2.45) is 5.73 Å². The number of nitrogens with two attached hydrogens (primary N) is 1. The van der Waals surface area contributed by atoms with Crippen molar-refractivity contribution in [3.05, 3.63) is 11.6 Å². The number of hydrogen-bond donors (Lipinski definition) is 1. The summed E-state index contributed by atoms with van der Waals surface area (Å²) in [5, 5.41) is 0. The van der Waals surface area contributed by atoms with Crippen LogP contribution in [0.2, 0.25) is 0 Å². The third-order valence-electron chi connectivity index (χ3n) is 3.33. The fourth-order valence-electron chi connectivity index (χ4n) is 2.59. The third kappa shape index (κ3) is 1.61. The van der Waals surface area contributed by atoms with Gasteiger partial charge in [-0.15, -0.1) is 0 Å². The highest BCUT2D eigenvalue weighted by molar-refractivity contribution is 5.86. The largest absolute Gasteiger partial charge is 0.366 e. The number of piperidine rings is 1. The zero-order valence-corrected chi connectivity index (χ0v) is 7.99. The summed E-state index contributed by atoms with van der Waals surface area (Å²) < 4.78 is 0. The van der Waals surface area contributed by atoms with Crippen LogP contribution in [0.5, 0.6) is 0 Å². The van der Waals surface area contributed by atoms with Crippen molar-refractivity contribution in [3.8, 4) is 0 Å². The Bertz CT molecular complexity index is 244. The van der Waals surface area contributed by atoms with Crippen LogP contribution in [0.3, 0.4) is 0 Å². The Morgan fingerprint density at radius 2 is 2.00 bits per heavy atom. The summed E-state index contributed by atoms with van der Waals surface area (Å²) in [4.78, 5) is 13.2. The van der Waals surface area contributed by atoms with Crippen LogP contribution in [-0.2, 0) is 4.79 Å². The van der Waals surface area contributed by atoms with E-state index in [9.17, 15) is 4.79 Å². The van der Waals surface area contributed by atoms with Gasteiger partial charge in [0.25, 0.3) is 0 Å². The van der Waals surface area contributed by atoms with E-state index >= 15 is 0 Å². The highest BCUT2D eigenvalue weighted by atomic mass is 16.1. The van der Waals surface area contributed by atoms with Gasteiger partial charge in [0.2, 0.25) is 5.91 Å². The van der Waals surface area contributed by atoms with Gasteiger partial charge in [-0.25, -0.2) is 0 Å². The smallest absolute Gasteiger partial charge is 0.241 e. The van der Waals surface area contributed by atoms with Gasteiger partial charge < -0.3 is 5.73 Å². The van der Waals surface area contributed by atoms with E-state index in [0.29, 0.717) is 12.1 Å². The van der Waals surface area contributed by atoms with Crippen LogP contribution in [0.1, 0.15) is 25.7 Å². The molecule has 13 heavy (non-hydrogen) atoms. The zero-order chi connectivity index (χ0) is 9.42. The molecule has 2 aliphatic rings. The molecule has 0 aliphatic carbocycles. The number of nitrogens with zero attached hydrogens (tertiary/aromatic N) is 1. The molecule has 0 aromatic rings. The Morgan fingerprint density at radius 3 is 2.46 bits per heavy atom. The first-order chi connectivity index (χ1) is 6.16. The van der Waals surface area contributed by atoms with Crippen LogP contribution >= 0.6 is 0 Å². The predicted octanol–water partition coefficient (Wildman–Crippen LogP) is 0.655. The fourth-order valence-corrected chi connectivity index (χ4v) is 2.59. The average Bonchev–Trinajstić information content (AvgIpc) is 2.33. The Morgan fingerprint density at radius 1 is 1.46 bits per heavy atom. The Hall–Kier alpha value is -0.830. The lowest BCUT2D eigenvalue weighted by atomic mass is 9.97. The molecule has 2 N–H and O–H groups in total. The maximum Gasteiger partial charge on any atom is 0.241 e. The summed E-state index contributed by atoms with van der Waals surface area (Å²) >= 11 is 0. The lowest BCUT2D eigenvalue weighted by Gasteiger charge is -2.32. The molecule has 0 aromatic heterocycles. The maximum atomic E-state index is 10.7. The number of carbonyl (C=O) groups excluding carboxylic acids is 1. The normalized spacial score (nSPS) is 33.5. The van der Waals surface area contributed by atoms with Gasteiger partial charge >= 0.3 is 0 Å². The maximum absolute atomic E-state index is 10.7. The van der Waals surface area contributed by atoms with Crippen molar-refractivity contribution in [3.63, 3.8) is 0 Å². The summed E-state index contributed by atoms with van der Waals surface area (Å²) in [6.45, 7) is 0. The van der Waals surface area contributed by atoms with Gasteiger partial charge in [-0.05, 0) is 32.7 Å². The van der Waals surface area contributed by atoms with Crippen molar-refractivity contribution < 1.29 is 4.79 Å². The zero-order valence-electron chi connectivity index (χ0n) is 7.99. The molecule has 1 amide bonds. The van der Waals surface area contributed by atoms with Gasteiger partial charge in [0, 0.05) is 18.2 Å². The molecule has 2 rings (SSSR count). The molecule has 2 saturated heterocycles. The average molecular weight is 180 g/mol. The number of amides is 1. The Kier molecular flexibility index (Phi) is 2.12. The Balaban J connectivity index is 2.11. The van der Waals surface area contributed by atoms with Gasteiger partial charge in [-0.1, -0.05) is 5.57 Å². The topological polar surface area (TPSA) is 46.3 Å². The van der Waals surface area contributed by atoms with E-state index in [1.165, 1.54) is 18.4 Å². The number of rotatable bonds is 1. The van der Waals surface area contributed by atoms with Crippen LogP contribution < -0.4 is 5.73 Å². The van der Waals surface area contributed by atoms with Crippen molar-refractivity contribution in [2.75, 3.05) is 7.05 Å². The quantitative estimate of drug-likeness (QED) is 0.602. The van der Waals surface area contributed by atoms with Gasteiger partial charge in [-0.2, -0.15) is 0 Å². The highest BCUT2D eigenvalue weighted by Crippen LogP contribution is 2.36. The molecule has 2 aliphatic heterocycles. The van der Waals surface area contributed by atoms with Gasteiger partial charge in [0.05, 0.1) is 0 Å². The molecule has 2 atom stereocenters. The molecular weight excluding hydrogens is 164 g/mol. The van der Waals surface area contributed by atoms with E-state index in [2.05, 4.69) is 11.9 Å². The Labute approximate surface area is 78.6 Å². The van der Waals surface area contributed by atoms with E-state index in [0.717, 1.165) is 12.8 Å². The summed E-state index contributed by atoms with van der Waals surface area (Å²) in [6.07, 6.45) is 6.25. The summed E-state index contributed by atoms with van der Waals surface area (Å²) in [6, 6.07) is 1.31. The van der Waals surface area contributed by atoms with E-state index < -0.39 is 0 Å². The predicted molar refractivity (Wildman–Crippen MR) is 51.1 cm³/mol. The molecule has 0 saturated carbocycles. The molecule has 0 radical (unpaired) electrons. The number of hydrogen-bond acceptors (Lipinski definition) is 2. The SMILES string of the molecule is CN1C2CCC1CC(=CC(N)=O)C2. The summed E-state index contributed by atoms with van der Waals surface area (Å²) in [7, 11) is 2.18. The molecule has 3 nitrogen and oxygen atoms in total. The molecule has 3 heteroatoms. The molecule has 2 bridgehead atoms.